The molecule has 136 valence electrons. The van der Waals surface area contributed by atoms with Crippen LogP contribution in [0.2, 0.25) is 0 Å². The van der Waals surface area contributed by atoms with Crippen molar-refractivity contribution in [3.63, 3.8) is 0 Å². The number of aryl methyl sites for hydroxylation is 2. The highest BCUT2D eigenvalue weighted by Crippen LogP contribution is 2.29. The van der Waals surface area contributed by atoms with Crippen molar-refractivity contribution < 1.29 is 12.6 Å². The summed E-state index contributed by atoms with van der Waals surface area (Å²) >= 11 is 0. The van der Waals surface area contributed by atoms with E-state index in [1.54, 1.807) is 24.4 Å². The monoisotopic (exact) mass is 371 g/mol. The number of rotatable bonds is 6. The molecular weight excluding hydrogens is 350 g/mol. The molecule has 0 aliphatic carbocycles. The minimum atomic E-state index is -3.68. The molecule has 0 bridgehead atoms. The molecule has 0 atom stereocenters. The Morgan fingerprint density at radius 2 is 1.92 bits per heavy atom. The first-order valence-corrected chi connectivity index (χ1v) is 10.0. The second-order valence-electron chi connectivity index (χ2n) is 5.90. The second kappa shape index (κ2) is 7.29. The van der Waals surface area contributed by atoms with Crippen molar-refractivity contribution in [1.82, 2.24) is 14.8 Å². The maximum atomic E-state index is 12.0. The van der Waals surface area contributed by atoms with E-state index < -0.39 is 10.1 Å². The van der Waals surface area contributed by atoms with E-state index in [1.165, 1.54) is 17.2 Å². The summed E-state index contributed by atoms with van der Waals surface area (Å²) in [7, 11) is -3.68. The summed E-state index contributed by atoms with van der Waals surface area (Å²) in [6, 6.07) is 13.2. The molecule has 0 aliphatic rings. The van der Waals surface area contributed by atoms with E-state index >= 15 is 0 Å². The summed E-state index contributed by atoms with van der Waals surface area (Å²) in [5.74, 6) is 0.492. The van der Waals surface area contributed by atoms with Gasteiger partial charge in [-0.1, -0.05) is 25.1 Å². The van der Waals surface area contributed by atoms with Crippen LogP contribution in [0.15, 0.2) is 48.7 Å². The minimum absolute atomic E-state index is 0.125. The first-order chi connectivity index (χ1) is 12.4. The van der Waals surface area contributed by atoms with Gasteiger partial charge in [0.25, 0.3) is 0 Å². The Morgan fingerprint density at radius 3 is 2.58 bits per heavy atom. The zero-order valence-electron chi connectivity index (χ0n) is 15.0. The Morgan fingerprint density at radius 1 is 1.12 bits per heavy atom. The lowest BCUT2D eigenvalue weighted by Gasteiger charge is -2.07. The summed E-state index contributed by atoms with van der Waals surface area (Å²) in [5, 5.41) is 4.57. The van der Waals surface area contributed by atoms with E-state index in [2.05, 4.69) is 29.1 Å². The molecule has 0 spiro atoms. The molecule has 0 N–H and O–H groups in total. The van der Waals surface area contributed by atoms with Crippen molar-refractivity contribution in [1.29, 1.82) is 0 Å². The Kier molecular flexibility index (Phi) is 5.08. The minimum Gasteiger partial charge on any atom is -0.361 e. The SMILES string of the molecule is CCc1ccc(C)c(-c2cc(OS(=O)(=O)CC)n(-c3ccccn3)n2)c1. The molecule has 0 saturated carbocycles. The second-order valence-corrected chi connectivity index (χ2v) is 7.76. The molecule has 0 radical (unpaired) electrons. The molecule has 0 fully saturated rings. The van der Waals surface area contributed by atoms with Crippen LogP contribution in [0, 0.1) is 6.92 Å². The molecule has 0 saturated heterocycles. The fraction of sp³-hybridized carbons (Fsp3) is 0.263. The molecule has 1 aromatic carbocycles. The normalized spacial score (nSPS) is 11.5. The summed E-state index contributed by atoms with van der Waals surface area (Å²) < 4.78 is 30.6. The van der Waals surface area contributed by atoms with Crippen LogP contribution in [-0.4, -0.2) is 28.9 Å². The summed E-state index contributed by atoms with van der Waals surface area (Å²) in [6.07, 6.45) is 2.53. The maximum Gasteiger partial charge on any atom is 0.310 e. The van der Waals surface area contributed by atoms with Crippen LogP contribution in [-0.2, 0) is 16.5 Å². The molecule has 2 aromatic heterocycles. The zero-order valence-corrected chi connectivity index (χ0v) is 15.8. The lowest BCUT2D eigenvalue weighted by molar-refractivity contribution is 0.465. The highest BCUT2D eigenvalue weighted by molar-refractivity contribution is 7.87. The Balaban J connectivity index is 2.16. The maximum absolute atomic E-state index is 12.0. The lowest BCUT2D eigenvalue weighted by atomic mass is 10.0. The molecule has 6 nitrogen and oxygen atoms in total. The predicted molar refractivity (Wildman–Crippen MR) is 101 cm³/mol. The number of hydrogen-bond acceptors (Lipinski definition) is 5. The third-order valence-corrected chi connectivity index (χ3v) is 5.23. The van der Waals surface area contributed by atoms with Crippen LogP contribution in [0.25, 0.3) is 17.1 Å². The van der Waals surface area contributed by atoms with E-state index in [-0.39, 0.29) is 11.6 Å². The van der Waals surface area contributed by atoms with Crippen LogP contribution < -0.4 is 4.18 Å². The molecule has 0 aliphatic heterocycles. The number of pyridine rings is 1. The van der Waals surface area contributed by atoms with E-state index in [0.29, 0.717) is 11.5 Å². The molecule has 0 unspecified atom stereocenters. The van der Waals surface area contributed by atoms with Crippen molar-refractivity contribution in [3.05, 3.63) is 59.8 Å². The molecule has 26 heavy (non-hydrogen) atoms. The van der Waals surface area contributed by atoms with Gasteiger partial charge in [-0.15, -0.1) is 0 Å². The first-order valence-electron chi connectivity index (χ1n) is 8.47. The number of hydrogen-bond donors (Lipinski definition) is 0. The van der Waals surface area contributed by atoms with Gasteiger partial charge in [0.1, 0.15) is 0 Å². The molecule has 2 heterocycles. The quantitative estimate of drug-likeness (QED) is 0.620. The van der Waals surface area contributed by atoms with Crippen molar-refractivity contribution >= 4 is 10.1 Å². The Bertz CT molecular complexity index is 1010. The third kappa shape index (κ3) is 3.77. The number of nitrogens with zero attached hydrogens (tertiary/aromatic N) is 3. The zero-order chi connectivity index (χ0) is 18.7. The summed E-state index contributed by atoms with van der Waals surface area (Å²) in [5.41, 5.74) is 3.82. The van der Waals surface area contributed by atoms with Crippen LogP contribution in [0.5, 0.6) is 5.88 Å². The predicted octanol–water partition coefficient (Wildman–Crippen LogP) is 3.53. The van der Waals surface area contributed by atoms with Crippen molar-refractivity contribution in [2.45, 2.75) is 27.2 Å². The van der Waals surface area contributed by atoms with Crippen LogP contribution in [0.4, 0.5) is 0 Å². The topological polar surface area (TPSA) is 74.1 Å². The first kappa shape index (κ1) is 18.1. The smallest absolute Gasteiger partial charge is 0.310 e. The van der Waals surface area contributed by atoms with Crippen molar-refractivity contribution in [2.75, 3.05) is 5.75 Å². The fourth-order valence-corrected chi connectivity index (χ4v) is 3.05. The number of aromatic nitrogens is 3. The van der Waals surface area contributed by atoms with E-state index in [4.69, 9.17) is 4.18 Å². The summed E-state index contributed by atoms with van der Waals surface area (Å²) in [4.78, 5) is 4.25. The van der Waals surface area contributed by atoms with Gasteiger partial charge in [0, 0.05) is 17.8 Å². The highest BCUT2D eigenvalue weighted by atomic mass is 32.2. The van der Waals surface area contributed by atoms with Gasteiger partial charge in [0.05, 0.1) is 11.4 Å². The van der Waals surface area contributed by atoms with E-state index in [9.17, 15) is 8.42 Å². The van der Waals surface area contributed by atoms with E-state index in [1.807, 2.05) is 19.1 Å². The number of benzene rings is 1. The molecule has 3 aromatic rings. The molecule has 3 rings (SSSR count). The standard InChI is InChI=1S/C19H21N3O3S/c1-4-15-10-9-14(3)16(12-15)17-13-19(25-26(23,24)5-2)22(21-17)18-8-6-7-11-20-18/h6-13H,4-5H2,1-3H3. The van der Waals surface area contributed by atoms with Crippen molar-refractivity contribution in [2.24, 2.45) is 0 Å². The Labute approximate surface area is 153 Å². The van der Waals surface area contributed by atoms with Gasteiger partial charge >= 0.3 is 10.1 Å². The van der Waals surface area contributed by atoms with Gasteiger partial charge < -0.3 is 4.18 Å². The van der Waals surface area contributed by atoms with Gasteiger partial charge in [-0.3, -0.25) is 0 Å². The van der Waals surface area contributed by atoms with E-state index in [0.717, 1.165) is 17.5 Å². The summed E-state index contributed by atoms with van der Waals surface area (Å²) in [6.45, 7) is 5.62. The highest BCUT2D eigenvalue weighted by Gasteiger charge is 2.19. The largest absolute Gasteiger partial charge is 0.361 e. The third-order valence-electron chi connectivity index (χ3n) is 4.10. The Hall–Kier alpha value is -2.67. The fourth-order valence-electron chi connectivity index (χ4n) is 2.55. The molecular formula is C19H21N3O3S. The van der Waals surface area contributed by atoms with Crippen LogP contribution >= 0.6 is 0 Å². The van der Waals surface area contributed by atoms with Gasteiger partial charge in [-0.25, -0.2) is 4.98 Å². The van der Waals surface area contributed by atoms with Gasteiger partial charge in [0.2, 0.25) is 5.88 Å². The van der Waals surface area contributed by atoms with Gasteiger partial charge in [-0.2, -0.15) is 18.2 Å². The van der Waals surface area contributed by atoms with Crippen LogP contribution in [0.3, 0.4) is 0 Å². The van der Waals surface area contributed by atoms with Crippen molar-refractivity contribution in [3.8, 4) is 23.0 Å². The van der Waals surface area contributed by atoms with Gasteiger partial charge in [-0.05, 0) is 49.6 Å². The van der Waals surface area contributed by atoms with Crippen LogP contribution in [0.1, 0.15) is 25.0 Å². The molecule has 7 heteroatoms. The lowest BCUT2D eigenvalue weighted by Crippen LogP contribution is -2.14. The molecule has 0 amide bonds. The average molecular weight is 371 g/mol. The van der Waals surface area contributed by atoms with Gasteiger partial charge in [0.15, 0.2) is 5.82 Å². The average Bonchev–Trinajstić information content (AvgIpc) is 3.05.